The van der Waals surface area contributed by atoms with Crippen LogP contribution in [0.5, 0.6) is 17.2 Å². The molecule has 24 heavy (non-hydrogen) atoms. The molecule has 9 heteroatoms. The Morgan fingerprint density at radius 1 is 1.33 bits per heavy atom. The second-order valence-corrected chi connectivity index (χ2v) is 5.28. The van der Waals surface area contributed by atoms with E-state index in [-0.39, 0.29) is 35.5 Å². The molecule has 2 rings (SSSR count). The topological polar surface area (TPSA) is 111 Å². The number of nitro groups is 1. The van der Waals surface area contributed by atoms with E-state index in [4.69, 9.17) is 14.2 Å². The maximum atomic E-state index is 12.8. The van der Waals surface area contributed by atoms with Gasteiger partial charge in [0.1, 0.15) is 5.56 Å². The monoisotopic (exact) mass is 340 g/mol. The number of nitrogens with zero attached hydrogens (tertiary/aromatic N) is 2. The maximum Gasteiger partial charge on any atom is 0.327 e. The second kappa shape index (κ2) is 7.35. The van der Waals surface area contributed by atoms with Crippen molar-refractivity contribution in [1.82, 2.24) is 4.90 Å². The molecule has 1 unspecified atom stereocenters. The van der Waals surface area contributed by atoms with Gasteiger partial charge in [-0.3, -0.25) is 14.9 Å². The van der Waals surface area contributed by atoms with Gasteiger partial charge in [0.15, 0.2) is 5.75 Å². The summed E-state index contributed by atoms with van der Waals surface area (Å²) >= 11 is 0. The Labute approximate surface area is 138 Å². The molecule has 1 N–H and O–H groups in total. The van der Waals surface area contributed by atoms with Crippen molar-refractivity contribution < 1.29 is 29.0 Å². The van der Waals surface area contributed by atoms with E-state index in [0.29, 0.717) is 13.0 Å². The predicted octanol–water partition coefficient (Wildman–Crippen LogP) is 1.22. The smallest absolute Gasteiger partial charge is 0.327 e. The number of amides is 1. The molecule has 1 aromatic rings. The number of methoxy groups -OCH3 is 3. The molecule has 0 aromatic heterocycles. The Hall–Kier alpha value is -2.55. The molecule has 132 valence electrons. The quantitative estimate of drug-likeness (QED) is 0.612. The van der Waals surface area contributed by atoms with Crippen molar-refractivity contribution in [3.63, 3.8) is 0 Å². The molecular formula is C15H20N2O7. The number of carbonyl (C=O) groups excluding carboxylic acids is 1. The Kier molecular flexibility index (Phi) is 5.45. The number of nitro benzene ring substituents is 1. The predicted molar refractivity (Wildman–Crippen MR) is 83.9 cm³/mol. The molecule has 1 amide bonds. The number of rotatable bonds is 6. The van der Waals surface area contributed by atoms with Crippen LogP contribution in [0.15, 0.2) is 6.07 Å². The highest BCUT2D eigenvalue weighted by molar-refractivity contribution is 6.01. The van der Waals surface area contributed by atoms with Gasteiger partial charge in [0.2, 0.25) is 11.5 Å². The van der Waals surface area contributed by atoms with Crippen molar-refractivity contribution in [3.05, 3.63) is 21.7 Å². The van der Waals surface area contributed by atoms with Crippen LogP contribution < -0.4 is 14.2 Å². The van der Waals surface area contributed by atoms with Crippen molar-refractivity contribution >= 4 is 11.6 Å². The Bertz CT molecular complexity index is 647. The van der Waals surface area contributed by atoms with Gasteiger partial charge >= 0.3 is 5.69 Å². The van der Waals surface area contributed by atoms with Crippen molar-refractivity contribution in [1.29, 1.82) is 0 Å². The summed E-state index contributed by atoms with van der Waals surface area (Å²) in [4.78, 5) is 25.1. The van der Waals surface area contributed by atoms with E-state index in [1.165, 1.54) is 32.3 Å². The van der Waals surface area contributed by atoms with Crippen LogP contribution in [0.3, 0.4) is 0 Å². The molecule has 0 bridgehead atoms. The third-order valence-corrected chi connectivity index (χ3v) is 4.07. The number of hydrogen-bond donors (Lipinski definition) is 1. The van der Waals surface area contributed by atoms with Crippen LogP contribution >= 0.6 is 0 Å². The fourth-order valence-electron chi connectivity index (χ4n) is 2.93. The summed E-state index contributed by atoms with van der Waals surface area (Å²) in [7, 11) is 3.95. The van der Waals surface area contributed by atoms with E-state index >= 15 is 0 Å². The molecule has 1 atom stereocenters. The first-order chi connectivity index (χ1) is 11.5. The van der Waals surface area contributed by atoms with Crippen molar-refractivity contribution in [2.24, 2.45) is 0 Å². The molecule has 1 fully saturated rings. The number of benzene rings is 1. The highest BCUT2D eigenvalue weighted by Gasteiger charge is 2.37. The van der Waals surface area contributed by atoms with E-state index in [9.17, 15) is 20.0 Å². The minimum atomic E-state index is -0.682. The summed E-state index contributed by atoms with van der Waals surface area (Å²) in [6.07, 6.45) is 1.38. The van der Waals surface area contributed by atoms with Crippen LogP contribution in [0.4, 0.5) is 5.69 Å². The fraction of sp³-hybridized carbons (Fsp3) is 0.533. The van der Waals surface area contributed by atoms with E-state index < -0.39 is 16.5 Å². The third kappa shape index (κ3) is 2.94. The molecule has 0 aliphatic carbocycles. The van der Waals surface area contributed by atoms with Crippen LogP contribution in [0.1, 0.15) is 23.2 Å². The summed E-state index contributed by atoms with van der Waals surface area (Å²) in [6.45, 7) is 0.238. The van der Waals surface area contributed by atoms with Gasteiger partial charge in [0.05, 0.1) is 38.9 Å². The Morgan fingerprint density at radius 2 is 2.00 bits per heavy atom. The summed E-state index contributed by atoms with van der Waals surface area (Å²) in [5.74, 6) is -0.520. The van der Waals surface area contributed by atoms with E-state index in [1.807, 2.05) is 0 Å². The summed E-state index contributed by atoms with van der Waals surface area (Å²) in [6, 6.07) is 0.922. The minimum absolute atomic E-state index is 0.0448. The first-order valence-electron chi connectivity index (χ1n) is 7.39. The number of carbonyl (C=O) groups is 1. The van der Waals surface area contributed by atoms with Crippen LogP contribution in [0.25, 0.3) is 0 Å². The van der Waals surface area contributed by atoms with Crippen molar-refractivity contribution in [3.8, 4) is 17.2 Å². The van der Waals surface area contributed by atoms with Gasteiger partial charge in [0.25, 0.3) is 5.91 Å². The zero-order valence-corrected chi connectivity index (χ0v) is 13.8. The van der Waals surface area contributed by atoms with E-state index in [1.54, 1.807) is 0 Å². The van der Waals surface area contributed by atoms with Crippen molar-refractivity contribution in [2.45, 2.75) is 18.9 Å². The van der Waals surface area contributed by atoms with Gasteiger partial charge in [-0.2, -0.15) is 0 Å². The lowest BCUT2D eigenvalue weighted by Gasteiger charge is -2.24. The molecule has 9 nitrogen and oxygen atoms in total. The molecular weight excluding hydrogens is 320 g/mol. The molecule has 1 heterocycles. The van der Waals surface area contributed by atoms with Crippen LogP contribution in [0, 0.1) is 10.1 Å². The number of likely N-dealkylation sites (tertiary alicyclic amines) is 1. The SMILES string of the molecule is COc1cc(C(=O)N2CCCC2CO)c([N+](=O)[O-])c(OC)c1OC. The lowest BCUT2D eigenvalue weighted by molar-refractivity contribution is -0.386. The highest BCUT2D eigenvalue weighted by Crippen LogP contribution is 2.46. The first-order valence-corrected chi connectivity index (χ1v) is 7.39. The normalized spacial score (nSPS) is 16.8. The highest BCUT2D eigenvalue weighted by atomic mass is 16.6. The number of ether oxygens (including phenoxy) is 3. The fourth-order valence-corrected chi connectivity index (χ4v) is 2.93. The third-order valence-electron chi connectivity index (χ3n) is 4.07. The molecule has 0 radical (unpaired) electrons. The molecule has 1 saturated heterocycles. The standard InChI is InChI=1S/C15H20N2O7/c1-22-11-7-10(15(19)16-6-4-5-9(16)8-18)12(17(20)21)14(24-3)13(11)23-2/h7,9,18H,4-6,8H2,1-3H3. The lowest BCUT2D eigenvalue weighted by Crippen LogP contribution is -2.38. The number of aliphatic hydroxyl groups excluding tert-OH is 1. The average Bonchev–Trinajstić information content (AvgIpc) is 3.07. The van der Waals surface area contributed by atoms with Gasteiger partial charge in [-0.25, -0.2) is 0 Å². The largest absolute Gasteiger partial charge is 0.493 e. The average molecular weight is 340 g/mol. The Balaban J connectivity index is 2.63. The van der Waals surface area contributed by atoms with Crippen molar-refractivity contribution in [2.75, 3.05) is 34.5 Å². The molecule has 1 aliphatic heterocycles. The van der Waals surface area contributed by atoms with Gasteiger partial charge in [-0.1, -0.05) is 0 Å². The lowest BCUT2D eigenvalue weighted by atomic mass is 10.1. The molecule has 1 aromatic carbocycles. The summed E-state index contributed by atoms with van der Waals surface area (Å²) in [5, 5.41) is 20.9. The molecule has 1 aliphatic rings. The van der Waals surface area contributed by atoms with Gasteiger partial charge < -0.3 is 24.2 Å². The summed E-state index contributed by atoms with van der Waals surface area (Å²) < 4.78 is 15.4. The minimum Gasteiger partial charge on any atom is -0.493 e. The van der Waals surface area contributed by atoms with E-state index in [0.717, 1.165) is 6.42 Å². The van der Waals surface area contributed by atoms with Gasteiger partial charge in [-0.05, 0) is 12.8 Å². The zero-order valence-electron chi connectivity index (χ0n) is 13.8. The zero-order chi connectivity index (χ0) is 17.9. The van der Waals surface area contributed by atoms with Crippen LogP contribution in [-0.4, -0.2) is 61.4 Å². The molecule has 0 spiro atoms. The summed E-state index contributed by atoms with van der Waals surface area (Å²) in [5.41, 5.74) is -0.640. The number of aliphatic hydroxyl groups is 1. The molecule has 0 saturated carbocycles. The van der Waals surface area contributed by atoms with Gasteiger partial charge in [-0.15, -0.1) is 0 Å². The van der Waals surface area contributed by atoms with Crippen LogP contribution in [0.2, 0.25) is 0 Å². The number of hydrogen-bond acceptors (Lipinski definition) is 7. The maximum absolute atomic E-state index is 12.8. The second-order valence-electron chi connectivity index (χ2n) is 5.28. The first kappa shape index (κ1) is 17.8. The van der Waals surface area contributed by atoms with Crippen LogP contribution in [-0.2, 0) is 0 Å². The Morgan fingerprint density at radius 3 is 2.50 bits per heavy atom. The van der Waals surface area contributed by atoms with Gasteiger partial charge in [0, 0.05) is 12.6 Å². The van der Waals surface area contributed by atoms with E-state index in [2.05, 4.69) is 0 Å².